The van der Waals surface area contributed by atoms with Gasteiger partial charge in [-0.3, -0.25) is 0 Å². The highest BCUT2D eigenvalue weighted by Crippen LogP contribution is 2.28. The monoisotopic (exact) mass is 164 g/mol. The van der Waals surface area contributed by atoms with Gasteiger partial charge in [-0.2, -0.15) is 0 Å². The molecular formula is C9H12N2O. The van der Waals surface area contributed by atoms with Crippen molar-refractivity contribution in [3.63, 3.8) is 0 Å². The number of rotatable bonds is 1. The first-order valence-electron chi connectivity index (χ1n) is 4.02. The molecule has 0 saturated carbocycles. The zero-order valence-corrected chi connectivity index (χ0v) is 6.70. The molecule has 64 valence electrons. The molecule has 0 fully saturated rings. The first-order valence-corrected chi connectivity index (χ1v) is 4.02. The van der Waals surface area contributed by atoms with Gasteiger partial charge < -0.3 is 16.2 Å². The van der Waals surface area contributed by atoms with Crippen molar-refractivity contribution in [3.8, 4) is 0 Å². The predicted octanol–water partition coefficient (Wildman–Crippen LogP) is -0.137. The molecule has 0 bridgehead atoms. The largest absolute Gasteiger partial charge is 0.401 e. The van der Waals surface area contributed by atoms with Crippen molar-refractivity contribution in [1.29, 1.82) is 0 Å². The lowest BCUT2D eigenvalue weighted by molar-refractivity contribution is 0.319. The molecule has 2 rings (SSSR count). The van der Waals surface area contributed by atoms with Gasteiger partial charge >= 0.3 is 0 Å². The molecule has 2 unspecified atom stereocenters. The Labute approximate surface area is 71.3 Å². The highest BCUT2D eigenvalue weighted by molar-refractivity contribution is 5.35. The molecule has 2 atom stereocenters. The maximum Gasteiger partial charge on any atom is 0.0666 e. The van der Waals surface area contributed by atoms with Gasteiger partial charge in [0.25, 0.3) is 0 Å². The van der Waals surface area contributed by atoms with Crippen LogP contribution in [0.5, 0.6) is 0 Å². The highest BCUT2D eigenvalue weighted by Gasteiger charge is 2.30. The second-order valence-electron chi connectivity index (χ2n) is 3.10. The van der Waals surface area contributed by atoms with Gasteiger partial charge in [-0.25, -0.2) is 0 Å². The number of hydrogen-bond acceptors (Lipinski definition) is 3. The molecule has 3 heteroatoms. The number of allylic oxidation sites excluding steroid dienone is 2. The first-order chi connectivity index (χ1) is 5.83. The maximum atomic E-state index is 9.01. The number of nitrogens with one attached hydrogen (secondary N) is 1. The summed E-state index contributed by atoms with van der Waals surface area (Å²) < 4.78 is 0. The van der Waals surface area contributed by atoms with Gasteiger partial charge in [-0.15, -0.1) is 0 Å². The molecule has 12 heavy (non-hydrogen) atoms. The minimum atomic E-state index is 0.0799. The SMILES string of the molecule is NC1=CC=CC2NC=C(CO)C12. The van der Waals surface area contributed by atoms with Crippen molar-refractivity contribution in [3.05, 3.63) is 35.7 Å². The molecule has 1 aliphatic carbocycles. The summed E-state index contributed by atoms with van der Waals surface area (Å²) in [5, 5.41) is 12.2. The van der Waals surface area contributed by atoms with Crippen LogP contribution in [0, 0.1) is 5.92 Å². The van der Waals surface area contributed by atoms with Crippen LogP contribution >= 0.6 is 0 Å². The van der Waals surface area contributed by atoms with E-state index in [1.54, 1.807) is 0 Å². The molecule has 0 aromatic carbocycles. The lowest BCUT2D eigenvalue weighted by Gasteiger charge is -2.22. The fourth-order valence-electron chi connectivity index (χ4n) is 1.74. The average molecular weight is 164 g/mol. The summed E-state index contributed by atoms with van der Waals surface area (Å²) in [6, 6.07) is 0.247. The predicted molar refractivity (Wildman–Crippen MR) is 47.0 cm³/mol. The molecule has 3 nitrogen and oxygen atoms in total. The van der Waals surface area contributed by atoms with Crippen LogP contribution in [-0.4, -0.2) is 17.8 Å². The summed E-state index contributed by atoms with van der Waals surface area (Å²) in [5.41, 5.74) is 7.60. The molecule has 0 saturated heterocycles. The van der Waals surface area contributed by atoms with Crippen LogP contribution in [0.3, 0.4) is 0 Å². The second-order valence-corrected chi connectivity index (χ2v) is 3.10. The lowest BCUT2D eigenvalue weighted by Crippen LogP contribution is -2.31. The molecule has 0 aromatic rings. The number of fused-ring (bicyclic) bond motifs is 1. The van der Waals surface area contributed by atoms with Crippen LogP contribution in [0.2, 0.25) is 0 Å². The third-order valence-corrected chi connectivity index (χ3v) is 2.37. The summed E-state index contributed by atoms with van der Waals surface area (Å²) in [4.78, 5) is 0. The van der Waals surface area contributed by atoms with Crippen LogP contribution in [0.15, 0.2) is 35.7 Å². The molecule has 0 aromatic heterocycles. The molecule has 2 aliphatic rings. The summed E-state index contributed by atoms with van der Waals surface area (Å²) in [7, 11) is 0. The summed E-state index contributed by atoms with van der Waals surface area (Å²) >= 11 is 0. The Morgan fingerprint density at radius 3 is 3.17 bits per heavy atom. The van der Waals surface area contributed by atoms with Gasteiger partial charge in [0.05, 0.1) is 12.6 Å². The smallest absolute Gasteiger partial charge is 0.0666 e. The van der Waals surface area contributed by atoms with E-state index >= 15 is 0 Å². The quantitative estimate of drug-likeness (QED) is 0.505. The van der Waals surface area contributed by atoms with Gasteiger partial charge in [0, 0.05) is 11.6 Å². The summed E-state index contributed by atoms with van der Waals surface area (Å²) in [6.07, 6.45) is 7.74. The fourth-order valence-corrected chi connectivity index (χ4v) is 1.74. The third kappa shape index (κ3) is 0.940. The van der Waals surface area contributed by atoms with Crippen LogP contribution in [0.25, 0.3) is 0 Å². The minimum absolute atomic E-state index is 0.0799. The van der Waals surface area contributed by atoms with Crippen molar-refractivity contribution >= 4 is 0 Å². The molecule has 0 spiro atoms. The van der Waals surface area contributed by atoms with E-state index in [-0.39, 0.29) is 18.6 Å². The van der Waals surface area contributed by atoms with Crippen molar-refractivity contribution in [2.45, 2.75) is 6.04 Å². The van der Waals surface area contributed by atoms with Gasteiger partial charge in [-0.05, 0) is 17.8 Å². The van der Waals surface area contributed by atoms with Crippen LogP contribution in [0.4, 0.5) is 0 Å². The number of hydrogen-bond donors (Lipinski definition) is 3. The van der Waals surface area contributed by atoms with Crippen LogP contribution in [-0.2, 0) is 0 Å². The Balaban J connectivity index is 2.28. The van der Waals surface area contributed by atoms with Crippen molar-refractivity contribution in [2.24, 2.45) is 11.7 Å². The van der Waals surface area contributed by atoms with E-state index in [4.69, 9.17) is 10.8 Å². The van der Waals surface area contributed by atoms with Crippen LogP contribution in [0.1, 0.15) is 0 Å². The zero-order valence-electron chi connectivity index (χ0n) is 6.70. The Kier molecular flexibility index (Phi) is 1.66. The third-order valence-electron chi connectivity index (χ3n) is 2.37. The molecule has 4 N–H and O–H groups in total. The topological polar surface area (TPSA) is 58.3 Å². The van der Waals surface area contributed by atoms with Gasteiger partial charge in [0.2, 0.25) is 0 Å². The van der Waals surface area contributed by atoms with Crippen LogP contribution < -0.4 is 11.1 Å². The molecule has 1 aliphatic heterocycles. The van der Waals surface area contributed by atoms with E-state index in [1.165, 1.54) is 0 Å². The second kappa shape index (κ2) is 2.68. The zero-order chi connectivity index (χ0) is 8.55. The number of nitrogens with two attached hydrogens (primary N) is 1. The Bertz CT molecular complexity index is 278. The van der Waals surface area contributed by atoms with Gasteiger partial charge in [-0.1, -0.05) is 12.2 Å². The lowest BCUT2D eigenvalue weighted by atomic mass is 9.89. The molecule has 0 amide bonds. The van der Waals surface area contributed by atoms with Gasteiger partial charge in [0.15, 0.2) is 0 Å². The van der Waals surface area contributed by atoms with Crippen molar-refractivity contribution in [1.82, 2.24) is 5.32 Å². The summed E-state index contributed by atoms with van der Waals surface area (Å²) in [6.45, 7) is 0.0799. The minimum Gasteiger partial charge on any atom is -0.401 e. The van der Waals surface area contributed by atoms with E-state index in [1.807, 2.05) is 18.4 Å². The normalized spacial score (nSPS) is 32.1. The average Bonchev–Trinajstić information content (AvgIpc) is 2.49. The Hall–Kier alpha value is -1.22. The first kappa shape index (κ1) is 7.43. The number of aliphatic hydroxyl groups is 1. The molecule has 1 heterocycles. The van der Waals surface area contributed by atoms with E-state index in [2.05, 4.69) is 11.4 Å². The number of aliphatic hydroxyl groups excluding tert-OH is 1. The molecular weight excluding hydrogens is 152 g/mol. The standard InChI is InChI=1S/C9H12N2O/c10-7-2-1-3-8-9(7)6(5-12)4-11-8/h1-4,8-9,11-12H,5,10H2. The van der Waals surface area contributed by atoms with E-state index < -0.39 is 0 Å². The van der Waals surface area contributed by atoms with E-state index in [0.717, 1.165) is 11.3 Å². The highest BCUT2D eigenvalue weighted by atomic mass is 16.3. The van der Waals surface area contributed by atoms with E-state index in [9.17, 15) is 0 Å². The Morgan fingerprint density at radius 1 is 1.58 bits per heavy atom. The van der Waals surface area contributed by atoms with E-state index in [0.29, 0.717) is 0 Å². The molecule has 0 radical (unpaired) electrons. The summed E-state index contributed by atoms with van der Waals surface area (Å²) in [5.74, 6) is 0.167. The van der Waals surface area contributed by atoms with Gasteiger partial charge in [0.1, 0.15) is 0 Å². The fraction of sp³-hybridized carbons (Fsp3) is 0.333. The maximum absolute atomic E-state index is 9.01. The Morgan fingerprint density at radius 2 is 2.42 bits per heavy atom. The van der Waals surface area contributed by atoms with Crippen molar-refractivity contribution in [2.75, 3.05) is 6.61 Å². The van der Waals surface area contributed by atoms with Crippen molar-refractivity contribution < 1.29 is 5.11 Å².